The molecule has 1 aromatic carbocycles. The number of nitrogens with one attached hydrogen (secondary N) is 1. The number of benzene rings is 1. The summed E-state index contributed by atoms with van der Waals surface area (Å²) in [4.78, 5) is 0. The minimum Gasteiger partial charge on any atom is -0.420 e. The number of hydrogen-bond acceptors (Lipinski definition) is 4. The van der Waals surface area contributed by atoms with Crippen LogP contribution in [-0.4, -0.2) is 10.2 Å². The fourth-order valence-electron chi connectivity index (χ4n) is 2.45. The van der Waals surface area contributed by atoms with Crippen LogP contribution >= 0.6 is 15.9 Å². The van der Waals surface area contributed by atoms with E-state index in [1.165, 1.54) is 6.07 Å². The molecule has 5 nitrogen and oxygen atoms in total. The number of halogens is 2. The molecule has 0 amide bonds. The van der Waals surface area contributed by atoms with Crippen molar-refractivity contribution >= 4 is 15.9 Å². The quantitative estimate of drug-likeness (QED) is 0.829. The van der Waals surface area contributed by atoms with Crippen molar-refractivity contribution in [3.8, 4) is 11.9 Å². The van der Waals surface area contributed by atoms with E-state index < -0.39 is 11.7 Å². The maximum absolute atomic E-state index is 14.3. The first-order chi connectivity index (χ1) is 10.0. The Morgan fingerprint density at radius 2 is 2.29 bits per heavy atom. The van der Waals surface area contributed by atoms with Gasteiger partial charge < -0.3 is 10.5 Å². The van der Waals surface area contributed by atoms with Crippen molar-refractivity contribution in [1.29, 1.82) is 5.26 Å². The zero-order chi connectivity index (χ0) is 15.1. The van der Waals surface area contributed by atoms with Crippen molar-refractivity contribution < 1.29 is 9.13 Å². The summed E-state index contributed by atoms with van der Waals surface area (Å²) >= 11 is 3.32. The monoisotopic (exact) mass is 348 g/mol. The zero-order valence-electron chi connectivity index (χ0n) is 10.9. The number of nitriles is 1. The largest absolute Gasteiger partial charge is 0.420 e. The smallest absolute Gasteiger partial charge is 0.244 e. The summed E-state index contributed by atoms with van der Waals surface area (Å²) in [5.74, 6) is -0.846. The molecule has 0 radical (unpaired) electrons. The third-order valence-electron chi connectivity index (χ3n) is 3.40. The van der Waals surface area contributed by atoms with Gasteiger partial charge in [0.2, 0.25) is 11.8 Å². The molecule has 0 saturated heterocycles. The van der Waals surface area contributed by atoms with E-state index in [1.54, 1.807) is 19.1 Å². The van der Waals surface area contributed by atoms with Crippen LogP contribution in [0.25, 0.3) is 0 Å². The zero-order valence-corrected chi connectivity index (χ0v) is 12.5. The second-order valence-electron chi connectivity index (χ2n) is 4.66. The van der Waals surface area contributed by atoms with Crippen LogP contribution in [-0.2, 0) is 0 Å². The molecule has 106 valence electrons. The van der Waals surface area contributed by atoms with Crippen LogP contribution in [0.1, 0.15) is 22.7 Å². The van der Waals surface area contributed by atoms with Crippen molar-refractivity contribution in [3.63, 3.8) is 0 Å². The minimum atomic E-state index is -0.644. The van der Waals surface area contributed by atoms with Gasteiger partial charge in [-0.15, -0.1) is 5.10 Å². The number of allylic oxidation sites excluding steroid dienone is 1. The maximum Gasteiger partial charge on any atom is 0.244 e. The van der Waals surface area contributed by atoms with E-state index in [0.717, 1.165) is 0 Å². The number of aromatic amines is 1. The number of nitrogens with zero attached hydrogens (tertiary/aromatic N) is 2. The lowest BCUT2D eigenvalue weighted by Crippen LogP contribution is -2.21. The number of nitrogens with two attached hydrogens (primary N) is 1. The molecular weight excluding hydrogens is 339 g/mol. The lowest BCUT2D eigenvalue weighted by atomic mass is 9.84. The van der Waals surface area contributed by atoms with Gasteiger partial charge in [0.25, 0.3) is 0 Å². The predicted molar refractivity (Wildman–Crippen MR) is 76.7 cm³/mol. The molecule has 7 heteroatoms. The van der Waals surface area contributed by atoms with Gasteiger partial charge in [0.1, 0.15) is 17.5 Å². The van der Waals surface area contributed by atoms with Gasteiger partial charge in [0.15, 0.2) is 0 Å². The highest BCUT2D eigenvalue weighted by Gasteiger charge is 2.35. The van der Waals surface area contributed by atoms with Crippen molar-refractivity contribution in [2.75, 3.05) is 0 Å². The highest BCUT2D eigenvalue weighted by atomic mass is 79.9. The van der Waals surface area contributed by atoms with Crippen LogP contribution in [0.5, 0.6) is 5.88 Å². The highest BCUT2D eigenvalue weighted by molar-refractivity contribution is 9.10. The Morgan fingerprint density at radius 1 is 1.52 bits per heavy atom. The van der Waals surface area contributed by atoms with Gasteiger partial charge in [-0.2, -0.15) is 5.26 Å². The van der Waals surface area contributed by atoms with E-state index in [-0.39, 0.29) is 17.3 Å². The van der Waals surface area contributed by atoms with Gasteiger partial charge in [-0.1, -0.05) is 15.9 Å². The van der Waals surface area contributed by atoms with Gasteiger partial charge in [-0.3, -0.25) is 5.10 Å². The number of hydrogen-bond donors (Lipinski definition) is 2. The maximum atomic E-state index is 14.3. The number of H-pyrrole nitrogens is 1. The summed E-state index contributed by atoms with van der Waals surface area (Å²) in [5, 5.41) is 16.2. The van der Waals surface area contributed by atoms with Gasteiger partial charge in [0, 0.05) is 21.3 Å². The molecule has 0 saturated carbocycles. The predicted octanol–water partition coefficient (Wildman–Crippen LogP) is 2.84. The summed E-state index contributed by atoms with van der Waals surface area (Å²) in [6.07, 6.45) is 0. The molecule has 1 aliphatic heterocycles. The molecule has 0 aliphatic carbocycles. The molecule has 2 heterocycles. The van der Waals surface area contributed by atoms with Crippen LogP contribution in [0.2, 0.25) is 0 Å². The molecule has 1 unspecified atom stereocenters. The van der Waals surface area contributed by atoms with E-state index in [2.05, 4.69) is 26.1 Å². The van der Waals surface area contributed by atoms with E-state index in [1.807, 2.05) is 6.07 Å². The Labute approximate surface area is 128 Å². The van der Waals surface area contributed by atoms with Gasteiger partial charge >= 0.3 is 0 Å². The SMILES string of the molecule is Cc1[nH]nc2c1C(c1cc(Br)ccc1F)C(C#N)=C(N)O2. The molecule has 0 bridgehead atoms. The topological polar surface area (TPSA) is 87.7 Å². The third-order valence-corrected chi connectivity index (χ3v) is 3.89. The minimum absolute atomic E-state index is 0.0547. The first-order valence-corrected chi connectivity index (χ1v) is 6.89. The van der Waals surface area contributed by atoms with E-state index in [9.17, 15) is 9.65 Å². The number of aromatic nitrogens is 2. The normalized spacial score (nSPS) is 17.1. The van der Waals surface area contributed by atoms with E-state index in [4.69, 9.17) is 10.5 Å². The Kier molecular flexibility index (Phi) is 3.18. The molecule has 1 aliphatic rings. The summed E-state index contributed by atoms with van der Waals surface area (Å²) in [6.45, 7) is 1.79. The fraction of sp³-hybridized carbons (Fsp3) is 0.143. The molecule has 1 atom stereocenters. The molecule has 21 heavy (non-hydrogen) atoms. The van der Waals surface area contributed by atoms with E-state index >= 15 is 0 Å². The third kappa shape index (κ3) is 2.08. The summed E-state index contributed by atoms with van der Waals surface area (Å²) in [5.41, 5.74) is 7.62. The van der Waals surface area contributed by atoms with Crippen LogP contribution in [0, 0.1) is 24.1 Å². The van der Waals surface area contributed by atoms with Crippen LogP contribution in [0.3, 0.4) is 0 Å². The van der Waals surface area contributed by atoms with Crippen LogP contribution in [0.4, 0.5) is 4.39 Å². The molecule has 3 rings (SSSR count). The number of aryl methyl sites for hydroxylation is 1. The van der Waals surface area contributed by atoms with Crippen LogP contribution in [0.15, 0.2) is 34.1 Å². The lowest BCUT2D eigenvalue weighted by molar-refractivity contribution is 0.378. The van der Waals surface area contributed by atoms with Crippen molar-refractivity contribution in [2.24, 2.45) is 5.73 Å². The first-order valence-electron chi connectivity index (χ1n) is 6.10. The average Bonchev–Trinajstić information content (AvgIpc) is 2.81. The molecule has 0 spiro atoms. The second-order valence-corrected chi connectivity index (χ2v) is 5.57. The van der Waals surface area contributed by atoms with Crippen molar-refractivity contribution in [2.45, 2.75) is 12.8 Å². The summed E-state index contributed by atoms with van der Waals surface area (Å²) < 4.78 is 20.3. The lowest BCUT2D eigenvalue weighted by Gasteiger charge is -2.24. The van der Waals surface area contributed by atoms with Gasteiger partial charge in [0.05, 0.1) is 5.92 Å². The number of ether oxygens (including phenoxy) is 1. The Bertz CT molecular complexity index is 806. The standard InChI is InChI=1S/C14H10BrFN4O/c1-6-11-12(8-4-7(15)2-3-10(8)16)9(5-17)13(18)21-14(11)20-19-6/h2-4,12H,18H2,1H3,(H,19,20). The molecule has 2 aromatic rings. The molecule has 1 aromatic heterocycles. The fourth-order valence-corrected chi connectivity index (χ4v) is 2.82. The Hall–Kier alpha value is -2.33. The molecule has 3 N–H and O–H groups in total. The number of rotatable bonds is 1. The number of fused-ring (bicyclic) bond motifs is 1. The Balaban J connectivity index is 2.30. The summed E-state index contributed by atoms with van der Waals surface area (Å²) in [6, 6.07) is 6.58. The van der Waals surface area contributed by atoms with E-state index in [0.29, 0.717) is 21.3 Å². The Morgan fingerprint density at radius 3 is 3.00 bits per heavy atom. The van der Waals surface area contributed by atoms with Crippen molar-refractivity contribution in [3.05, 3.63) is 56.8 Å². The summed E-state index contributed by atoms with van der Waals surface area (Å²) in [7, 11) is 0. The molecular formula is C14H10BrFN4O. The first kappa shape index (κ1) is 13.6. The highest BCUT2D eigenvalue weighted by Crippen LogP contribution is 2.43. The average molecular weight is 349 g/mol. The van der Waals surface area contributed by atoms with Crippen molar-refractivity contribution in [1.82, 2.24) is 10.2 Å². The van der Waals surface area contributed by atoms with Gasteiger partial charge in [-0.05, 0) is 25.1 Å². The molecule has 0 fully saturated rings. The van der Waals surface area contributed by atoms with Crippen LogP contribution < -0.4 is 10.5 Å². The second kappa shape index (κ2) is 4.90. The van der Waals surface area contributed by atoms with Gasteiger partial charge in [-0.25, -0.2) is 4.39 Å².